The summed E-state index contributed by atoms with van der Waals surface area (Å²) in [5.74, 6) is -3.47. The van der Waals surface area contributed by atoms with Crippen molar-refractivity contribution in [2.45, 2.75) is 13.1 Å². The quantitative estimate of drug-likeness (QED) is 0.521. The van der Waals surface area contributed by atoms with Gasteiger partial charge < -0.3 is 0 Å². The Bertz CT molecular complexity index is 147. The lowest BCUT2D eigenvalue weighted by Crippen LogP contribution is -2.43. The maximum Gasteiger partial charge on any atom is 0.400 e. The molecule has 0 aromatic rings. The van der Waals surface area contributed by atoms with Crippen LogP contribution in [-0.4, -0.2) is 17.3 Å². The molecule has 0 rings (SSSR count). The summed E-state index contributed by atoms with van der Waals surface area (Å²) in [6.45, 7) is 0.687. The van der Waals surface area contributed by atoms with Gasteiger partial charge in [-0.1, -0.05) is 0 Å². The van der Waals surface area contributed by atoms with Crippen LogP contribution >= 0.6 is 0 Å². The molecular weight excluding hydrogens is 165 g/mol. The van der Waals surface area contributed by atoms with Gasteiger partial charge in [-0.3, -0.25) is 15.4 Å². The molecule has 3 N–H and O–H groups in total. The molecule has 0 heterocycles. The topological polar surface area (TPSA) is 61.4 Å². The van der Waals surface area contributed by atoms with E-state index in [0.29, 0.717) is 6.92 Å². The minimum absolute atomic E-state index is 0.687. The van der Waals surface area contributed by atoms with Crippen molar-refractivity contribution in [2.24, 2.45) is 5.92 Å². The molecule has 0 aliphatic carbocycles. The summed E-state index contributed by atoms with van der Waals surface area (Å²) in [7, 11) is 0. The molecule has 0 bridgehead atoms. The fourth-order valence-electron chi connectivity index (χ4n) is 0.312. The summed E-state index contributed by atoms with van der Waals surface area (Å²) in [4.78, 5) is 10.3. The van der Waals surface area contributed by atoms with Gasteiger partial charge >= 0.3 is 6.18 Å². The summed E-state index contributed by atoms with van der Waals surface area (Å²) in [6.07, 6.45) is -4.58. The van der Waals surface area contributed by atoms with Gasteiger partial charge in [-0.15, -0.1) is 5.59 Å². The minimum Gasteiger partial charge on any atom is -0.297 e. The number of halogens is 3. The van der Waals surface area contributed by atoms with Crippen LogP contribution in [0.15, 0.2) is 0 Å². The lowest BCUT2D eigenvalue weighted by Gasteiger charge is -2.13. The molecule has 0 saturated heterocycles. The molecule has 1 atom stereocenters. The number of hydrogen-bond acceptors (Lipinski definition) is 3. The lowest BCUT2D eigenvalue weighted by molar-refractivity contribution is -0.180. The number of hydrazine groups is 1. The number of nitrogens with one attached hydrogen (secondary N) is 2. The summed E-state index contributed by atoms with van der Waals surface area (Å²) in [5.41, 5.74) is 2.52. The highest BCUT2D eigenvalue weighted by Crippen LogP contribution is 2.25. The van der Waals surface area contributed by atoms with E-state index in [1.54, 1.807) is 0 Å². The third kappa shape index (κ3) is 3.19. The van der Waals surface area contributed by atoms with Gasteiger partial charge in [-0.05, 0) is 6.92 Å². The SMILES string of the molecule is CC(C(=O)NNO)C(F)(F)F. The monoisotopic (exact) mass is 172 g/mol. The van der Waals surface area contributed by atoms with E-state index in [1.807, 2.05) is 0 Å². The highest BCUT2D eigenvalue weighted by atomic mass is 19.4. The van der Waals surface area contributed by atoms with Crippen molar-refractivity contribution >= 4 is 5.91 Å². The first-order valence-electron chi connectivity index (χ1n) is 2.65. The fourth-order valence-corrected chi connectivity index (χ4v) is 0.312. The minimum atomic E-state index is -4.58. The van der Waals surface area contributed by atoms with Crippen LogP contribution in [0, 0.1) is 5.92 Å². The van der Waals surface area contributed by atoms with Gasteiger partial charge in [0.1, 0.15) is 5.92 Å². The molecule has 4 nitrogen and oxygen atoms in total. The van der Waals surface area contributed by atoms with Gasteiger partial charge in [-0.2, -0.15) is 13.2 Å². The van der Waals surface area contributed by atoms with E-state index in [2.05, 4.69) is 0 Å². The lowest BCUT2D eigenvalue weighted by atomic mass is 10.2. The first-order chi connectivity index (χ1) is 4.89. The average Bonchev–Trinajstić information content (AvgIpc) is 1.85. The van der Waals surface area contributed by atoms with Crippen molar-refractivity contribution in [1.29, 1.82) is 0 Å². The van der Waals surface area contributed by atoms with E-state index >= 15 is 0 Å². The van der Waals surface area contributed by atoms with Crippen LogP contribution in [0.5, 0.6) is 0 Å². The number of amides is 1. The van der Waals surface area contributed by atoms with Crippen LogP contribution in [0.1, 0.15) is 6.92 Å². The molecule has 0 radical (unpaired) electrons. The predicted molar refractivity (Wildman–Crippen MR) is 28.3 cm³/mol. The Morgan fingerprint density at radius 2 is 2.00 bits per heavy atom. The largest absolute Gasteiger partial charge is 0.400 e. The van der Waals surface area contributed by atoms with Crippen LogP contribution in [0.4, 0.5) is 13.2 Å². The Balaban J connectivity index is 4.03. The van der Waals surface area contributed by atoms with Crippen molar-refractivity contribution in [1.82, 2.24) is 11.0 Å². The van der Waals surface area contributed by atoms with Crippen LogP contribution < -0.4 is 11.0 Å². The first kappa shape index (κ1) is 10.2. The molecule has 66 valence electrons. The second-order valence-electron chi connectivity index (χ2n) is 1.86. The molecule has 0 spiro atoms. The summed E-state index contributed by atoms with van der Waals surface area (Å²) < 4.78 is 35.0. The van der Waals surface area contributed by atoms with Gasteiger partial charge in [0.25, 0.3) is 0 Å². The summed E-state index contributed by atoms with van der Waals surface area (Å²) in [5, 5.41) is 7.80. The molecule has 11 heavy (non-hydrogen) atoms. The summed E-state index contributed by atoms with van der Waals surface area (Å²) >= 11 is 0. The Hall–Kier alpha value is -0.820. The van der Waals surface area contributed by atoms with E-state index < -0.39 is 18.0 Å². The molecule has 7 heteroatoms. The second-order valence-corrected chi connectivity index (χ2v) is 1.86. The zero-order chi connectivity index (χ0) is 9.07. The van der Waals surface area contributed by atoms with Gasteiger partial charge in [0.2, 0.25) is 5.91 Å². The number of rotatable bonds is 2. The molecule has 0 aliphatic rings. The molecule has 0 fully saturated rings. The third-order valence-electron chi connectivity index (χ3n) is 1.06. The van der Waals surface area contributed by atoms with E-state index in [9.17, 15) is 18.0 Å². The van der Waals surface area contributed by atoms with Crippen LogP contribution in [0.2, 0.25) is 0 Å². The molecular formula is C4H7F3N2O2. The standard InChI is InChI=1S/C4H7F3N2O2/c1-2(4(5,6)7)3(10)8-9-11/h2,9,11H,1H3,(H,8,10). The third-order valence-corrected chi connectivity index (χ3v) is 1.06. The van der Waals surface area contributed by atoms with Crippen LogP contribution in [-0.2, 0) is 4.79 Å². The smallest absolute Gasteiger partial charge is 0.297 e. The normalized spacial score (nSPS) is 14.3. The van der Waals surface area contributed by atoms with Crippen molar-refractivity contribution in [3.63, 3.8) is 0 Å². The highest BCUT2D eigenvalue weighted by molar-refractivity contribution is 5.78. The Morgan fingerprint density at radius 1 is 1.55 bits per heavy atom. The van der Waals surface area contributed by atoms with Crippen molar-refractivity contribution in [3.05, 3.63) is 0 Å². The Kier molecular flexibility index (Phi) is 3.27. The fraction of sp³-hybridized carbons (Fsp3) is 0.750. The zero-order valence-electron chi connectivity index (χ0n) is 5.57. The van der Waals surface area contributed by atoms with Crippen molar-refractivity contribution in [3.8, 4) is 0 Å². The van der Waals surface area contributed by atoms with Gasteiger partial charge in [-0.25, -0.2) is 0 Å². The molecule has 0 aliphatic heterocycles. The highest BCUT2D eigenvalue weighted by Gasteiger charge is 2.41. The molecule has 0 aromatic carbocycles. The Morgan fingerprint density at radius 3 is 2.27 bits per heavy atom. The molecule has 0 aromatic heterocycles. The van der Waals surface area contributed by atoms with E-state index in [1.165, 1.54) is 5.43 Å². The summed E-state index contributed by atoms with van der Waals surface area (Å²) in [6, 6.07) is 0. The average molecular weight is 172 g/mol. The number of carbonyl (C=O) groups excluding carboxylic acids is 1. The molecule has 0 saturated carbocycles. The van der Waals surface area contributed by atoms with Crippen LogP contribution in [0.25, 0.3) is 0 Å². The van der Waals surface area contributed by atoms with Gasteiger partial charge in [0.05, 0.1) is 0 Å². The van der Waals surface area contributed by atoms with Crippen LogP contribution in [0.3, 0.4) is 0 Å². The van der Waals surface area contributed by atoms with E-state index in [0.717, 1.165) is 5.59 Å². The maximum atomic E-state index is 11.7. The zero-order valence-corrected chi connectivity index (χ0v) is 5.57. The van der Waals surface area contributed by atoms with Crippen molar-refractivity contribution in [2.75, 3.05) is 0 Å². The Labute approximate surface area is 60.3 Å². The second kappa shape index (κ2) is 3.54. The number of carbonyl (C=O) groups is 1. The van der Waals surface area contributed by atoms with Crippen molar-refractivity contribution < 1.29 is 23.2 Å². The number of hydrogen-bond donors (Lipinski definition) is 3. The van der Waals surface area contributed by atoms with Gasteiger partial charge in [0.15, 0.2) is 0 Å². The molecule has 1 unspecified atom stereocenters. The van der Waals surface area contributed by atoms with E-state index in [-0.39, 0.29) is 0 Å². The first-order valence-corrected chi connectivity index (χ1v) is 2.65. The predicted octanol–water partition coefficient (Wildman–Crippen LogP) is 0.195. The maximum absolute atomic E-state index is 11.7. The number of alkyl halides is 3. The van der Waals surface area contributed by atoms with Gasteiger partial charge in [0, 0.05) is 0 Å². The van der Waals surface area contributed by atoms with E-state index in [4.69, 9.17) is 5.21 Å². The molecule has 1 amide bonds.